The molecule has 5 aromatic rings. The molecule has 0 radical (unpaired) electrons. The number of imidazole rings is 1. The normalized spacial score (nSPS) is 11.9. The molecular weight excluding hydrogens is 414 g/mol. The Bertz CT molecular complexity index is 1520. The van der Waals surface area contributed by atoms with Gasteiger partial charge in [0.15, 0.2) is 4.96 Å². The number of fused-ring (bicyclic) bond motifs is 3. The Morgan fingerprint density at radius 3 is 2.58 bits per heavy atom. The first-order valence-electron chi connectivity index (χ1n) is 9.46. The third kappa shape index (κ3) is 3.64. The Balaban J connectivity index is 1.45. The van der Waals surface area contributed by atoms with Crippen molar-refractivity contribution in [2.24, 2.45) is 0 Å². The summed E-state index contributed by atoms with van der Waals surface area (Å²) in [5.41, 5.74) is 2.62. The molecule has 0 N–H and O–H groups in total. The van der Waals surface area contributed by atoms with E-state index in [1.807, 2.05) is 54.6 Å². The summed E-state index contributed by atoms with van der Waals surface area (Å²) in [6.45, 7) is 0.482. The van der Waals surface area contributed by atoms with Crippen LogP contribution in [0.5, 0.6) is 5.75 Å². The number of aromatic nitrogens is 2. The number of rotatable bonds is 5. The van der Waals surface area contributed by atoms with Crippen LogP contribution in [-0.4, -0.2) is 14.3 Å². The van der Waals surface area contributed by atoms with Crippen molar-refractivity contribution >= 4 is 39.1 Å². The monoisotopic (exact) mass is 429 g/mol. The summed E-state index contributed by atoms with van der Waals surface area (Å²) >= 11 is 1.25. The lowest BCUT2D eigenvalue weighted by Crippen LogP contribution is -2.22. The molecule has 8 heteroatoms. The maximum Gasteiger partial charge on any atom is 0.274 e. The first-order valence-corrected chi connectivity index (χ1v) is 10.3. The van der Waals surface area contributed by atoms with E-state index in [4.69, 9.17) is 4.74 Å². The highest BCUT2D eigenvalue weighted by Crippen LogP contribution is 2.22. The second kappa shape index (κ2) is 7.66. The van der Waals surface area contributed by atoms with Crippen LogP contribution in [0.2, 0.25) is 0 Å². The Hall–Kier alpha value is -4.04. The molecule has 0 fully saturated rings. The third-order valence-electron chi connectivity index (χ3n) is 4.86. The van der Waals surface area contributed by atoms with Gasteiger partial charge in [-0.1, -0.05) is 53.8 Å². The minimum atomic E-state index is -0.482. The third-order valence-corrected chi connectivity index (χ3v) is 5.83. The summed E-state index contributed by atoms with van der Waals surface area (Å²) in [4.78, 5) is 28.4. The zero-order valence-electron chi connectivity index (χ0n) is 16.1. The van der Waals surface area contributed by atoms with Crippen molar-refractivity contribution in [2.75, 3.05) is 0 Å². The first kappa shape index (κ1) is 19.0. The molecule has 0 amide bonds. The van der Waals surface area contributed by atoms with Gasteiger partial charge >= 0.3 is 0 Å². The van der Waals surface area contributed by atoms with E-state index in [0.717, 1.165) is 16.9 Å². The number of nitro groups is 1. The van der Waals surface area contributed by atoms with E-state index in [1.165, 1.54) is 27.9 Å². The summed E-state index contributed by atoms with van der Waals surface area (Å²) in [5, 5.41) is 11.1. The molecule has 0 aliphatic carbocycles. The van der Waals surface area contributed by atoms with Crippen LogP contribution in [0.4, 0.5) is 5.69 Å². The number of hydrogen-bond donors (Lipinski definition) is 0. The van der Waals surface area contributed by atoms with Crippen molar-refractivity contribution in [1.29, 1.82) is 0 Å². The van der Waals surface area contributed by atoms with Gasteiger partial charge in [0.2, 0.25) is 0 Å². The Labute approximate surface area is 179 Å². The largest absolute Gasteiger partial charge is 0.489 e. The van der Waals surface area contributed by atoms with Crippen LogP contribution in [0.25, 0.3) is 22.1 Å². The molecule has 31 heavy (non-hydrogen) atoms. The predicted molar refractivity (Wildman–Crippen MR) is 120 cm³/mol. The molecule has 5 rings (SSSR count). The van der Waals surface area contributed by atoms with Crippen molar-refractivity contribution in [3.05, 3.63) is 109 Å². The van der Waals surface area contributed by atoms with Crippen LogP contribution < -0.4 is 14.8 Å². The van der Waals surface area contributed by atoms with E-state index in [1.54, 1.807) is 12.1 Å². The van der Waals surface area contributed by atoms with Gasteiger partial charge in [0.05, 0.1) is 20.5 Å². The molecule has 3 aromatic carbocycles. The maximum atomic E-state index is 12.9. The predicted octanol–water partition coefficient (Wildman–Crippen LogP) is 3.94. The number of hydrogen-bond acceptors (Lipinski definition) is 6. The summed E-state index contributed by atoms with van der Waals surface area (Å²) < 4.78 is 7.73. The molecule has 0 saturated heterocycles. The van der Waals surface area contributed by atoms with Crippen LogP contribution in [-0.2, 0) is 6.61 Å². The van der Waals surface area contributed by atoms with E-state index >= 15 is 0 Å². The lowest BCUT2D eigenvalue weighted by molar-refractivity contribution is -0.384. The van der Waals surface area contributed by atoms with Gasteiger partial charge in [-0.15, -0.1) is 0 Å². The Morgan fingerprint density at radius 1 is 1.06 bits per heavy atom. The number of nitro benzene ring substituents is 1. The molecule has 0 spiro atoms. The lowest BCUT2D eigenvalue weighted by atomic mass is 10.2. The summed E-state index contributed by atoms with van der Waals surface area (Å²) in [6.07, 6.45) is 1.78. The van der Waals surface area contributed by atoms with E-state index in [9.17, 15) is 14.9 Å². The molecule has 0 saturated carbocycles. The second-order valence-electron chi connectivity index (χ2n) is 6.92. The fourth-order valence-corrected chi connectivity index (χ4v) is 4.30. The van der Waals surface area contributed by atoms with E-state index < -0.39 is 4.92 Å². The van der Waals surface area contributed by atoms with E-state index in [-0.39, 0.29) is 11.2 Å². The first-order chi connectivity index (χ1) is 15.1. The lowest BCUT2D eigenvalue weighted by Gasteiger charge is -2.06. The zero-order valence-corrected chi connectivity index (χ0v) is 16.9. The highest BCUT2D eigenvalue weighted by molar-refractivity contribution is 7.15. The van der Waals surface area contributed by atoms with Gasteiger partial charge in [0, 0.05) is 12.1 Å². The molecule has 0 aliphatic rings. The molecule has 0 atom stereocenters. The summed E-state index contributed by atoms with van der Waals surface area (Å²) in [7, 11) is 0. The topological polar surface area (TPSA) is 86.7 Å². The van der Waals surface area contributed by atoms with Crippen LogP contribution in [0.1, 0.15) is 11.1 Å². The Morgan fingerprint density at radius 2 is 1.84 bits per heavy atom. The summed E-state index contributed by atoms with van der Waals surface area (Å²) in [6, 6.07) is 21.7. The quantitative estimate of drug-likeness (QED) is 0.312. The molecule has 0 unspecified atom stereocenters. The van der Waals surface area contributed by atoms with Crippen molar-refractivity contribution < 1.29 is 9.66 Å². The average Bonchev–Trinajstić information content (AvgIpc) is 3.29. The number of ether oxygens (including phenoxy) is 1. The van der Waals surface area contributed by atoms with Gasteiger partial charge in [-0.2, -0.15) is 0 Å². The minimum absolute atomic E-state index is 0.0727. The van der Waals surface area contributed by atoms with Crippen LogP contribution >= 0.6 is 11.3 Å². The number of non-ortho nitro benzene ring substituents is 1. The molecule has 0 bridgehead atoms. The van der Waals surface area contributed by atoms with Crippen molar-refractivity contribution in [3.63, 3.8) is 0 Å². The molecule has 152 valence electrons. The highest BCUT2D eigenvalue weighted by atomic mass is 32.1. The van der Waals surface area contributed by atoms with Gasteiger partial charge in [-0.25, -0.2) is 9.38 Å². The van der Waals surface area contributed by atoms with Crippen LogP contribution in [0.15, 0.2) is 77.6 Å². The fourth-order valence-electron chi connectivity index (χ4n) is 3.32. The average molecular weight is 429 g/mol. The minimum Gasteiger partial charge on any atom is -0.489 e. The van der Waals surface area contributed by atoms with Crippen molar-refractivity contribution in [2.45, 2.75) is 6.61 Å². The van der Waals surface area contributed by atoms with Gasteiger partial charge in [0.25, 0.3) is 11.2 Å². The van der Waals surface area contributed by atoms with Crippen molar-refractivity contribution in [1.82, 2.24) is 9.38 Å². The summed E-state index contributed by atoms with van der Waals surface area (Å²) in [5.74, 6) is 0.739. The standard InChI is InChI=1S/C23H15N3O4S/c27-22-21(31-23-24-19-11-8-17(26(28)29)13-20(19)25(22)23)12-15-6-9-18(10-7-15)30-14-16-4-2-1-3-5-16/h1-13H,14H2/b21-12-. The molecular formula is C23H15N3O4S. The second-order valence-corrected chi connectivity index (χ2v) is 7.93. The fraction of sp³-hybridized carbons (Fsp3) is 0.0435. The smallest absolute Gasteiger partial charge is 0.274 e. The van der Waals surface area contributed by atoms with Crippen molar-refractivity contribution in [3.8, 4) is 5.75 Å². The maximum absolute atomic E-state index is 12.9. The molecule has 2 heterocycles. The number of nitrogens with zero attached hydrogens (tertiary/aromatic N) is 3. The highest BCUT2D eigenvalue weighted by Gasteiger charge is 2.15. The zero-order chi connectivity index (χ0) is 21.4. The molecule has 0 aliphatic heterocycles. The van der Waals surface area contributed by atoms with Gasteiger partial charge in [-0.3, -0.25) is 14.9 Å². The Kier molecular flexibility index (Phi) is 4.68. The molecule has 2 aromatic heterocycles. The van der Waals surface area contributed by atoms with Gasteiger partial charge < -0.3 is 4.74 Å². The van der Waals surface area contributed by atoms with Crippen LogP contribution in [0.3, 0.4) is 0 Å². The van der Waals surface area contributed by atoms with Gasteiger partial charge in [0.1, 0.15) is 12.4 Å². The van der Waals surface area contributed by atoms with Gasteiger partial charge in [-0.05, 0) is 35.4 Å². The van der Waals surface area contributed by atoms with E-state index in [2.05, 4.69) is 4.98 Å². The number of thiazole rings is 1. The van der Waals surface area contributed by atoms with E-state index in [0.29, 0.717) is 27.1 Å². The SMILES string of the molecule is O=c1/c(=C/c2ccc(OCc3ccccc3)cc2)sc2nc3ccc([N+](=O)[O-])cc3n12. The number of benzene rings is 3. The molecule has 7 nitrogen and oxygen atoms in total. The van der Waals surface area contributed by atoms with Crippen LogP contribution in [0, 0.1) is 10.1 Å².